The molecule has 0 spiro atoms. The lowest BCUT2D eigenvalue weighted by atomic mass is 10.1. The number of benzene rings is 4. The third-order valence-corrected chi connectivity index (χ3v) is 6.72. The molecule has 4 aromatic carbocycles. The minimum Gasteiger partial charge on any atom is -0.497 e. The molecular formula is C29H20Br2ClN3O5. The van der Waals surface area contributed by atoms with Crippen LogP contribution in [0, 0.1) is 0 Å². The van der Waals surface area contributed by atoms with Gasteiger partial charge in [0, 0.05) is 31.9 Å². The van der Waals surface area contributed by atoms with Crippen LogP contribution in [0.1, 0.15) is 36.6 Å². The minimum atomic E-state index is -0.582. The first kappa shape index (κ1) is 29.0. The molecule has 0 aromatic heterocycles. The molecule has 2 amide bonds. The largest absolute Gasteiger partial charge is 0.497 e. The van der Waals surface area contributed by atoms with Gasteiger partial charge in [0.2, 0.25) is 0 Å². The Morgan fingerprint density at radius 3 is 2.25 bits per heavy atom. The second-order valence-corrected chi connectivity index (χ2v) is 10.4. The highest BCUT2D eigenvalue weighted by atomic mass is 79.9. The molecule has 0 bridgehead atoms. The van der Waals surface area contributed by atoms with Gasteiger partial charge in [-0.3, -0.25) is 9.59 Å². The van der Waals surface area contributed by atoms with Crippen LogP contribution in [0.2, 0.25) is 5.02 Å². The number of hydrogen-bond donors (Lipinski definition) is 2. The fourth-order valence-electron chi connectivity index (χ4n) is 3.43. The summed E-state index contributed by atoms with van der Waals surface area (Å²) in [5.41, 5.74) is 4.33. The Balaban J connectivity index is 1.45. The van der Waals surface area contributed by atoms with Crippen LogP contribution in [0.5, 0.6) is 11.5 Å². The smallest absolute Gasteiger partial charge is 0.343 e. The Kier molecular flexibility index (Phi) is 9.70. The van der Waals surface area contributed by atoms with Crippen molar-refractivity contribution < 1.29 is 23.9 Å². The zero-order valence-corrected chi connectivity index (χ0v) is 24.7. The summed E-state index contributed by atoms with van der Waals surface area (Å²) in [6.45, 7) is 0. The van der Waals surface area contributed by atoms with Crippen molar-refractivity contribution in [3.05, 3.63) is 121 Å². The van der Waals surface area contributed by atoms with Crippen molar-refractivity contribution in [1.82, 2.24) is 5.43 Å². The van der Waals surface area contributed by atoms with Crippen LogP contribution in [0.4, 0.5) is 5.69 Å². The molecular weight excluding hydrogens is 666 g/mol. The SMILES string of the molecule is COc1ccc(C(=O)Oc2c(Br)cc(Br)cc2C=NNC(=O)c2cccc(NC(=O)c3ccc(Cl)cc3)c2)cc1. The lowest BCUT2D eigenvalue weighted by molar-refractivity contribution is 0.0732. The van der Waals surface area contributed by atoms with Gasteiger partial charge in [0.05, 0.1) is 23.4 Å². The Morgan fingerprint density at radius 2 is 1.55 bits per heavy atom. The topological polar surface area (TPSA) is 106 Å². The van der Waals surface area contributed by atoms with Crippen molar-refractivity contribution in [2.45, 2.75) is 0 Å². The number of nitrogens with zero attached hydrogens (tertiary/aromatic N) is 1. The summed E-state index contributed by atoms with van der Waals surface area (Å²) < 4.78 is 11.9. The molecule has 0 heterocycles. The van der Waals surface area contributed by atoms with Crippen molar-refractivity contribution >= 4 is 73.1 Å². The zero-order valence-electron chi connectivity index (χ0n) is 20.8. The van der Waals surface area contributed by atoms with Gasteiger partial charge in [0.25, 0.3) is 11.8 Å². The van der Waals surface area contributed by atoms with E-state index in [1.807, 2.05) is 0 Å². The normalized spacial score (nSPS) is 10.7. The van der Waals surface area contributed by atoms with E-state index in [1.165, 1.54) is 19.4 Å². The average molecular weight is 686 g/mol. The quantitative estimate of drug-likeness (QED) is 0.0891. The fourth-order valence-corrected chi connectivity index (χ4v) is 4.90. The Bertz CT molecular complexity index is 1590. The molecule has 202 valence electrons. The van der Waals surface area contributed by atoms with E-state index in [9.17, 15) is 14.4 Å². The van der Waals surface area contributed by atoms with Crippen molar-refractivity contribution in [3.8, 4) is 11.5 Å². The summed E-state index contributed by atoms with van der Waals surface area (Å²) in [6.07, 6.45) is 1.36. The molecule has 4 rings (SSSR count). The van der Waals surface area contributed by atoms with E-state index < -0.39 is 11.9 Å². The number of nitrogens with one attached hydrogen (secondary N) is 2. The number of methoxy groups -OCH3 is 1. The van der Waals surface area contributed by atoms with Gasteiger partial charge in [-0.05, 0) is 94.8 Å². The number of hydrazone groups is 1. The molecule has 0 aliphatic heterocycles. The van der Waals surface area contributed by atoms with Crippen molar-refractivity contribution in [1.29, 1.82) is 0 Å². The molecule has 4 aromatic rings. The van der Waals surface area contributed by atoms with Crippen LogP contribution in [0.25, 0.3) is 0 Å². The monoisotopic (exact) mass is 683 g/mol. The summed E-state index contributed by atoms with van der Waals surface area (Å²) in [5, 5.41) is 7.30. The number of anilines is 1. The highest BCUT2D eigenvalue weighted by molar-refractivity contribution is 9.11. The zero-order chi connectivity index (χ0) is 28.6. The van der Waals surface area contributed by atoms with Crippen LogP contribution < -0.4 is 20.2 Å². The molecule has 0 unspecified atom stereocenters. The molecule has 0 aliphatic carbocycles. The second kappa shape index (κ2) is 13.4. The van der Waals surface area contributed by atoms with E-state index >= 15 is 0 Å². The highest BCUT2D eigenvalue weighted by Gasteiger charge is 2.16. The van der Waals surface area contributed by atoms with E-state index in [0.29, 0.717) is 42.1 Å². The predicted molar refractivity (Wildman–Crippen MR) is 161 cm³/mol. The Labute approximate surface area is 251 Å². The van der Waals surface area contributed by atoms with Crippen molar-refractivity contribution in [2.75, 3.05) is 12.4 Å². The third kappa shape index (κ3) is 7.56. The van der Waals surface area contributed by atoms with Gasteiger partial charge >= 0.3 is 5.97 Å². The lowest BCUT2D eigenvalue weighted by Gasteiger charge is -2.11. The predicted octanol–water partition coefficient (Wildman–Crippen LogP) is 7.11. The molecule has 40 heavy (non-hydrogen) atoms. The number of amides is 2. The summed E-state index contributed by atoms with van der Waals surface area (Å²) in [7, 11) is 1.54. The molecule has 2 N–H and O–H groups in total. The number of carbonyl (C=O) groups excluding carboxylic acids is 3. The number of carbonyl (C=O) groups is 3. The van der Waals surface area contributed by atoms with E-state index in [-0.39, 0.29) is 17.2 Å². The van der Waals surface area contributed by atoms with E-state index in [4.69, 9.17) is 21.1 Å². The number of esters is 1. The minimum absolute atomic E-state index is 0.217. The van der Waals surface area contributed by atoms with Crippen molar-refractivity contribution in [2.24, 2.45) is 5.10 Å². The van der Waals surface area contributed by atoms with Crippen molar-refractivity contribution in [3.63, 3.8) is 0 Å². The summed E-state index contributed by atoms with van der Waals surface area (Å²) in [4.78, 5) is 38.0. The van der Waals surface area contributed by atoms with Crippen LogP contribution in [-0.4, -0.2) is 31.1 Å². The number of hydrogen-bond acceptors (Lipinski definition) is 6. The third-order valence-electron chi connectivity index (χ3n) is 5.42. The highest BCUT2D eigenvalue weighted by Crippen LogP contribution is 2.33. The van der Waals surface area contributed by atoms with Crippen LogP contribution in [-0.2, 0) is 0 Å². The van der Waals surface area contributed by atoms with Gasteiger partial charge < -0.3 is 14.8 Å². The Morgan fingerprint density at radius 1 is 0.850 bits per heavy atom. The average Bonchev–Trinajstić information content (AvgIpc) is 2.95. The standard InChI is InChI=1S/C29H20Br2ClN3O5/c1-39-24-11-7-18(8-12-24)29(38)40-26-20(13-21(30)15-25(26)31)16-33-35-28(37)19-3-2-4-23(14-19)34-27(36)17-5-9-22(32)10-6-17/h2-16H,1H3,(H,34,36)(H,35,37). The van der Waals surface area contributed by atoms with Gasteiger partial charge in [-0.2, -0.15) is 5.10 Å². The first-order valence-corrected chi connectivity index (χ1v) is 13.6. The maximum absolute atomic E-state index is 12.7. The van der Waals surface area contributed by atoms with Gasteiger partial charge in [-0.1, -0.05) is 33.6 Å². The lowest BCUT2D eigenvalue weighted by Crippen LogP contribution is -2.18. The van der Waals surface area contributed by atoms with Gasteiger partial charge in [-0.15, -0.1) is 0 Å². The molecule has 8 nitrogen and oxygen atoms in total. The number of ether oxygens (including phenoxy) is 2. The van der Waals surface area contributed by atoms with Gasteiger partial charge in [0.15, 0.2) is 5.75 Å². The molecule has 11 heteroatoms. The van der Waals surface area contributed by atoms with Crippen LogP contribution in [0.3, 0.4) is 0 Å². The van der Waals surface area contributed by atoms with Crippen LogP contribution in [0.15, 0.2) is 99.0 Å². The fraction of sp³-hybridized carbons (Fsp3) is 0.0345. The molecule has 0 saturated heterocycles. The molecule has 0 radical (unpaired) electrons. The van der Waals surface area contributed by atoms with Gasteiger partial charge in [0.1, 0.15) is 5.75 Å². The summed E-state index contributed by atoms with van der Waals surface area (Å²) >= 11 is 12.7. The second-order valence-electron chi connectivity index (χ2n) is 8.16. The van der Waals surface area contributed by atoms with E-state index in [0.717, 1.165) is 0 Å². The molecule has 0 saturated carbocycles. The first-order valence-electron chi connectivity index (χ1n) is 11.6. The van der Waals surface area contributed by atoms with E-state index in [2.05, 4.69) is 47.7 Å². The molecule has 0 fully saturated rings. The maximum Gasteiger partial charge on any atom is 0.343 e. The summed E-state index contributed by atoms with van der Waals surface area (Å²) in [6, 6.07) is 22.7. The summed E-state index contributed by atoms with van der Waals surface area (Å²) in [5.74, 6) is -0.607. The van der Waals surface area contributed by atoms with E-state index in [1.54, 1.807) is 78.9 Å². The maximum atomic E-state index is 12.7. The molecule has 0 aliphatic rings. The molecule has 0 atom stereocenters. The Hall–Kier alpha value is -3.99. The number of rotatable bonds is 8. The first-order chi connectivity index (χ1) is 19.2. The van der Waals surface area contributed by atoms with Gasteiger partial charge in [-0.25, -0.2) is 10.2 Å². The number of halogens is 3. The van der Waals surface area contributed by atoms with Crippen LogP contribution >= 0.6 is 43.5 Å².